The van der Waals surface area contributed by atoms with E-state index in [-0.39, 0.29) is 0 Å². The van der Waals surface area contributed by atoms with Crippen molar-refractivity contribution in [3.05, 3.63) is 58.2 Å². The zero-order valence-electron chi connectivity index (χ0n) is 15.5. The highest BCUT2D eigenvalue weighted by molar-refractivity contribution is 9.10. The second-order valence-electron chi connectivity index (χ2n) is 5.87. The van der Waals surface area contributed by atoms with Gasteiger partial charge in [-0.3, -0.25) is 0 Å². The molecule has 0 unspecified atom stereocenters. The van der Waals surface area contributed by atoms with Gasteiger partial charge in [0.1, 0.15) is 5.75 Å². The van der Waals surface area contributed by atoms with E-state index >= 15 is 0 Å². The van der Waals surface area contributed by atoms with Gasteiger partial charge in [-0.1, -0.05) is 18.2 Å². The van der Waals surface area contributed by atoms with Crippen LogP contribution in [0.1, 0.15) is 11.1 Å². The Balaban J connectivity index is 1.88. The molecule has 0 bridgehead atoms. The Morgan fingerprint density at radius 3 is 2.44 bits per heavy atom. The number of halogens is 1. The third kappa shape index (κ3) is 4.31. The van der Waals surface area contributed by atoms with Crippen LogP contribution in [-0.4, -0.2) is 24.2 Å². The smallest absolute Gasteiger partial charge is 0.238 e. The molecule has 0 fully saturated rings. The third-order valence-corrected chi connectivity index (χ3v) is 4.48. The molecule has 6 nitrogen and oxygen atoms in total. The molecule has 0 radical (unpaired) electrons. The van der Waals surface area contributed by atoms with Crippen molar-refractivity contribution in [2.75, 3.05) is 19.5 Å². The number of ether oxygens (including phenoxy) is 3. The summed E-state index contributed by atoms with van der Waals surface area (Å²) in [4.78, 5) is 8.77. The highest BCUT2D eigenvalue weighted by Crippen LogP contribution is 2.35. The Hall–Kier alpha value is -2.80. The fraction of sp³-hybridized carbons (Fsp3) is 0.200. The molecule has 0 atom stereocenters. The van der Waals surface area contributed by atoms with Crippen LogP contribution < -0.4 is 19.5 Å². The number of para-hydroxylation sites is 1. The van der Waals surface area contributed by atoms with Crippen LogP contribution in [0.5, 0.6) is 23.1 Å². The Bertz CT molecular complexity index is 963. The molecule has 3 rings (SSSR count). The molecule has 3 aromatic rings. The van der Waals surface area contributed by atoms with E-state index in [9.17, 15) is 0 Å². The van der Waals surface area contributed by atoms with Crippen molar-refractivity contribution in [2.24, 2.45) is 0 Å². The first-order chi connectivity index (χ1) is 13.0. The number of nitrogens with one attached hydrogen (secondary N) is 1. The van der Waals surface area contributed by atoms with Crippen LogP contribution in [0, 0.1) is 13.8 Å². The van der Waals surface area contributed by atoms with Gasteiger partial charge in [0.25, 0.3) is 0 Å². The number of hydrogen-bond acceptors (Lipinski definition) is 6. The normalized spacial score (nSPS) is 10.4. The van der Waals surface area contributed by atoms with Gasteiger partial charge >= 0.3 is 0 Å². The average molecular weight is 430 g/mol. The van der Waals surface area contributed by atoms with Crippen molar-refractivity contribution in [3.63, 3.8) is 0 Å². The molecule has 7 heteroatoms. The van der Waals surface area contributed by atoms with Crippen LogP contribution in [0.3, 0.4) is 0 Å². The van der Waals surface area contributed by atoms with Crippen LogP contribution in [0.15, 0.2) is 47.1 Å². The molecule has 0 aliphatic carbocycles. The quantitative estimate of drug-likeness (QED) is 0.564. The Labute approximate surface area is 166 Å². The van der Waals surface area contributed by atoms with Gasteiger partial charge in [0.15, 0.2) is 11.5 Å². The predicted molar refractivity (Wildman–Crippen MR) is 109 cm³/mol. The highest BCUT2D eigenvalue weighted by Gasteiger charge is 2.12. The van der Waals surface area contributed by atoms with E-state index in [1.807, 2.05) is 50.2 Å². The van der Waals surface area contributed by atoms with Crippen LogP contribution >= 0.6 is 15.9 Å². The second kappa shape index (κ2) is 8.26. The van der Waals surface area contributed by atoms with Gasteiger partial charge < -0.3 is 19.5 Å². The molecule has 0 aliphatic rings. The standard InChI is InChI=1S/C20H20BrN3O3/c1-12-7-5-6-8-16(12)27-19-15(21)11-22-20(24-19)23-14-9-13(2)18(26-4)17(10-14)25-3/h5-11H,1-4H3,(H,22,23,24). The van der Waals surface area contributed by atoms with E-state index in [1.165, 1.54) is 0 Å². The van der Waals surface area contributed by atoms with Crippen LogP contribution in [0.25, 0.3) is 0 Å². The lowest BCUT2D eigenvalue weighted by Gasteiger charge is -2.14. The number of benzene rings is 2. The molecule has 140 valence electrons. The minimum absolute atomic E-state index is 0.411. The summed E-state index contributed by atoms with van der Waals surface area (Å²) >= 11 is 3.44. The second-order valence-corrected chi connectivity index (χ2v) is 6.72. The number of nitrogens with zero attached hydrogens (tertiary/aromatic N) is 2. The largest absolute Gasteiger partial charge is 0.493 e. The molecule has 0 amide bonds. The number of aryl methyl sites for hydroxylation is 2. The molecular formula is C20H20BrN3O3. The monoisotopic (exact) mass is 429 g/mol. The molecule has 0 saturated heterocycles. The molecule has 27 heavy (non-hydrogen) atoms. The highest BCUT2D eigenvalue weighted by atomic mass is 79.9. The first kappa shape index (κ1) is 19.0. The molecule has 2 aromatic carbocycles. The number of anilines is 2. The van der Waals surface area contributed by atoms with Crippen molar-refractivity contribution in [1.29, 1.82) is 0 Å². The Kier molecular flexibility index (Phi) is 5.81. The zero-order chi connectivity index (χ0) is 19.4. The maximum atomic E-state index is 5.94. The number of methoxy groups -OCH3 is 2. The van der Waals surface area contributed by atoms with Crippen molar-refractivity contribution < 1.29 is 14.2 Å². The van der Waals surface area contributed by atoms with Gasteiger partial charge in [-0.25, -0.2) is 4.98 Å². The number of hydrogen-bond donors (Lipinski definition) is 1. The van der Waals surface area contributed by atoms with Gasteiger partial charge in [-0.05, 0) is 53.0 Å². The Morgan fingerprint density at radius 2 is 1.74 bits per heavy atom. The van der Waals surface area contributed by atoms with E-state index in [2.05, 4.69) is 31.2 Å². The SMILES string of the molecule is COc1cc(Nc2ncc(Br)c(Oc3ccccc3C)n2)cc(C)c1OC. The molecule has 0 saturated carbocycles. The third-order valence-electron chi connectivity index (χ3n) is 3.93. The van der Waals surface area contributed by atoms with Crippen molar-refractivity contribution in [2.45, 2.75) is 13.8 Å². The summed E-state index contributed by atoms with van der Waals surface area (Å²) in [6.45, 7) is 3.93. The number of aromatic nitrogens is 2. The molecule has 1 N–H and O–H groups in total. The zero-order valence-corrected chi connectivity index (χ0v) is 17.1. The first-order valence-corrected chi connectivity index (χ1v) is 9.06. The molecule has 1 aromatic heterocycles. The average Bonchev–Trinajstić information content (AvgIpc) is 2.65. The lowest BCUT2D eigenvalue weighted by atomic mass is 10.2. The summed E-state index contributed by atoms with van der Waals surface area (Å²) in [6.07, 6.45) is 1.65. The molecule has 1 heterocycles. The summed E-state index contributed by atoms with van der Waals surface area (Å²) in [5.74, 6) is 2.91. The number of rotatable bonds is 6. The summed E-state index contributed by atoms with van der Waals surface area (Å²) in [6, 6.07) is 11.5. The van der Waals surface area contributed by atoms with Crippen molar-refractivity contribution >= 4 is 27.6 Å². The van der Waals surface area contributed by atoms with Gasteiger partial charge in [0.2, 0.25) is 11.8 Å². The van der Waals surface area contributed by atoms with E-state index in [0.717, 1.165) is 22.6 Å². The van der Waals surface area contributed by atoms with E-state index in [1.54, 1.807) is 20.4 Å². The lowest BCUT2D eigenvalue weighted by molar-refractivity contribution is 0.353. The maximum absolute atomic E-state index is 5.94. The van der Waals surface area contributed by atoms with Crippen LogP contribution in [0.2, 0.25) is 0 Å². The van der Waals surface area contributed by atoms with E-state index in [4.69, 9.17) is 14.2 Å². The molecule has 0 aliphatic heterocycles. The van der Waals surface area contributed by atoms with E-state index < -0.39 is 0 Å². The first-order valence-electron chi connectivity index (χ1n) is 8.27. The van der Waals surface area contributed by atoms with Crippen molar-refractivity contribution in [1.82, 2.24) is 9.97 Å². The fourth-order valence-electron chi connectivity index (χ4n) is 2.61. The summed E-state index contributed by atoms with van der Waals surface area (Å²) in [5, 5.41) is 3.18. The fourth-order valence-corrected chi connectivity index (χ4v) is 2.89. The van der Waals surface area contributed by atoms with Crippen molar-refractivity contribution in [3.8, 4) is 23.1 Å². The van der Waals surface area contributed by atoms with Gasteiger partial charge in [-0.2, -0.15) is 4.98 Å². The summed E-state index contributed by atoms with van der Waals surface area (Å²) in [7, 11) is 3.22. The van der Waals surface area contributed by atoms with Gasteiger partial charge in [0.05, 0.1) is 24.9 Å². The minimum atomic E-state index is 0.411. The van der Waals surface area contributed by atoms with E-state index in [0.29, 0.717) is 27.8 Å². The minimum Gasteiger partial charge on any atom is -0.493 e. The molecule has 0 spiro atoms. The maximum Gasteiger partial charge on any atom is 0.238 e. The van der Waals surface area contributed by atoms with Gasteiger partial charge in [-0.15, -0.1) is 0 Å². The summed E-state index contributed by atoms with van der Waals surface area (Å²) < 4.78 is 17.4. The van der Waals surface area contributed by atoms with Crippen LogP contribution in [-0.2, 0) is 0 Å². The molecular weight excluding hydrogens is 410 g/mol. The summed E-state index contributed by atoms with van der Waals surface area (Å²) in [5.41, 5.74) is 2.75. The predicted octanol–water partition coefficient (Wildman–Crippen LogP) is 5.41. The topological polar surface area (TPSA) is 65.5 Å². The Morgan fingerprint density at radius 1 is 0.963 bits per heavy atom. The van der Waals surface area contributed by atoms with Crippen LogP contribution in [0.4, 0.5) is 11.6 Å². The lowest BCUT2D eigenvalue weighted by Crippen LogP contribution is -2.01. The van der Waals surface area contributed by atoms with Gasteiger partial charge in [0, 0.05) is 11.8 Å².